The lowest BCUT2D eigenvalue weighted by Crippen LogP contribution is -2.16. The summed E-state index contributed by atoms with van der Waals surface area (Å²) in [6, 6.07) is 5.07. The molecule has 0 radical (unpaired) electrons. The Morgan fingerprint density at radius 3 is 2.62 bits per heavy atom. The maximum Gasteiger partial charge on any atom is 0.181 e. The van der Waals surface area contributed by atoms with Crippen LogP contribution in [0, 0.1) is 0 Å². The van der Waals surface area contributed by atoms with Crippen molar-refractivity contribution in [1.82, 2.24) is 0 Å². The second kappa shape index (κ2) is 6.11. The standard InChI is InChI=1S/C11H12BrClO3/c1-15-7-3-4-10(16-2)8(5-7)11(14)9(12)6-13/h3-5,9H,6H2,1-2H3. The molecule has 16 heavy (non-hydrogen) atoms. The number of hydrogen-bond donors (Lipinski definition) is 0. The summed E-state index contributed by atoms with van der Waals surface area (Å²) >= 11 is 8.84. The van der Waals surface area contributed by atoms with Crippen molar-refractivity contribution in [2.45, 2.75) is 4.83 Å². The van der Waals surface area contributed by atoms with Gasteiger partial charge in [0, 0.05) is 5.88 Å². The molecule has 3 nitrogen and oxygen atoms in total. The second-order valence-electron chi connectivity index (χ2n) is 3.05. The van der Waals surface area contributed by atoms with E-state index in [4.69, 9.17) is 21.1 Å². The number of methoxy groups -OCH3 is 2. The highest BCUT2D eigenvalue weighted by molar-refractivity contribution is 9.10. The number of ether oxygens (including phenoxy) is 2. The molecule has 88 valence electrons. The molecule has 1 aromatic rings. The number of carbonyl (C=O) groups excluding carboxylic acids is 1. The first-order chi connectivity index (χ1) is 7.63. The Hall–Kier alpha value is -0.740. The number of Topliss-reactive ketones (excluding diaryl/α,β-unsaturated/α-hetero) is 1. The van der Waals surface area contributed by atoms with Crippen LogP contribution in [0.25, 0.3) is 0 Å². The Labute approximate surface area is 108 Å². The molecule has 0 aliphatic heterocycles. The van der Waals surface area contributed by atoms with Gasteiger partial charge in [0.1, 0.15) is 11.5 Å². The summed E-state index contributed by atoms with van der Waals surface area (Å²) in [5.41, 5.74) is 0.462. The highest BCUT2D eigenvalue weighted by atomic mass is 79.9. The fourth-order valence-corrected chi connectivity index (χ4v) is 1.63. The average molecular weight is 308 g/mol. The van der Waals surface area contributed by atoms with Gasteiger partial charge >= 0.3 is 0 Å². The zero-order valence-corrected chi connectivity index (χ0v) is 11.3. The van der Waals surface area contributed by atoms with Gasteiger partial charge < -0.3 is 9.47 Å². The Morgan fingerprint density at radius 1 is 1.44 bits per heavy atom. The molecule has 0 aliphatic carbocycles. The van der Waals surface area contributed by atoms with Crippen LogP contribution in [-0.4, -0.2) is 30.7 Å². The van der Waals surface area contributed by atoms with E-state index in [2.05, 4.69) is 15.9 Å². The van der Waals surface area contributed by atoms with Crippen LogP contribution < -0.4 is 9.47 Å². The Morgan fingerprint density at radius 2 is 2.12 bits per heavy atom. The van der Waals surface area contributed by atoms with Gasteiger partial charge in [-0.25, -0.2) is 0 Å². The summed E-state index contributed by atoms with van der Waals surface area (Å²) in [5.74, 6) is 1.21. The van der Waals surface area contributed by atoms with Crippen molar-refractivity contribution in [3.8, 4) is 11.5 Å². The van der Waals surface area contributed by atoms with Gasteiger partial charge in [-0.2, -0.15) is 0 Å². The molecule has 1 atom stereocenters. The van der Waals surface area contributed by atoms with Crippen molar-refractivity contribution in [2.24, 2.45) is 0 Å². The number of ketones is 1. The van der Waals surface area contributed by atoms with Crippen LogP contribution in [-0.2, 0) is 0 Å². The van der Waals surface area contributed by atoms with Gasteiger partial charge in [0.25, 0.3) is 0 Å². The highest BCUT2D eigenvalue weighted by Gasteiger charge is 2.20. The Balaban J connectivity index is 3.13. The summed E-state index contributed by atoms with van der Waals surface area (Å²) in [7, 11) is 3.06. The molecule has 0 saturated heterocycles. The summed E-state index contributed by atoms with van der Waals surface area (Å²) in [5, 5.41) is 0. The maximum absolute atomic E-state index is 12.0. The molecule has 0 heterocycles. The van der Waals surface area contributed by atoms with Crippen molar-refractivity contribution in [1.29, 1.82) is 0 Å². The molecule has 0 N–H and O–H groups in total. The van der Waals surface area contributed by atoms with Crippen LogP contribution >= 0.6 is 27.5 Å². The first-order valence-electron chi connectivity index (χ1n) is 4.60. The van der Waals surface area contributed by atoms with Crippen molar-refractivity contribution in [3.05, 3.63) is 23.8 Å². The topological polar surface area (TPSA) is 35.5 Å². The van der Waals surface area contributed by atoms with E-state index in [9.17, 15) is 4.79 Å². The Bertz CT molecular complexity index is 381. The van der Waals surface area contributed by atoms with E-state index in [0.717, 1.165) is 0 Å². The lowest BCUT2D eigenvalue weighted by Gasteiger charge is -2.11. The summed E-state index contributed by atoms with van der Waals surface area (Å²) < 4.78 is 10.2. The zero-order valence-electron chi connectivity index (χ0n) is 9.00. The van der Waals surface area contributed by atoms with E-state index >= 15 is 0 Å². The molecule has 0 amide bonds. The highest BCUT2D eigenvalue weighted by Crippen LogP contribution is 2.26. The van der Waals surface area contributed by atoms with Gasteiger partial charge in [0.05, 0.1) is 24.6 Å². The van der Waals surface area contributed by atoms with Gasteiger partial charge in [-0.1, -0.05) is 15.9 Å². The van der Waals surface area contributed by atoms with Gasteiger partial charge in [-0.05, 0) is 18.2 Å². The van der Waals surface area contributed by atoms with Crippen LogP contribution in [0.3, 0.4) is 0 Å². The fraction of sp³-hybridized carbons (Fsp3) is 0.364. The zero-order chi connectivity index (χ0) is 12.1. The van der Waals surface area contributed by atoms with Crippen molar-refractivity contribution in [3.63, 3.8) is 0 Å². The second-order valence-corrected chi connectivity index (χ2v) is 4.47. The smallest absolute Gasteiger partial charge is 0.181 e. The number of alkyl halides is 2. The van der Waals surface area contributed by atoms with E-state index in [0.29, 0.717) is 17.1 Å². The average Bonchev–Trinajstić information content (AvgIpc) is 2.35. The van der Waals surface area contributed by atoms with E-state index in [1.54, 1.807) is 25.3 Å². The van der Waals surface area contributed by atoms with Gasteiger partial charge in [0.2, 0.25) is 0 Å². The van der Waals surface area contributed by atoms with Gasteiger partial charge in [0.15, 0.2) is 5.78 Å². The molecule has 1 aromatic carbocycles. The summed E-state index contributed by atoms with van der Waals surface area (Å²) in [6.07, 6.45) is 0. The third-order valence-corrected chi connectivity index (χ3v) is 3.51. The van der Waals surface area contributed by atoms with Gasteiger partial charge in [-0.3, -0.25) is 4.79 Å². The van der Waals surface area contributed by atoms with Crippen molar-refractivity contribution < 1.29 is 14.3 Å². The first-order valence-corrected chi connectivity index (χ1v) is 6.05. The molecule has 0 aliphatic rings. The normalized spacial score (nSPS) is 12.0. The van der Waals surface area contributed by atoms with Crippen LogP contribution in [0.1, 0.15) is 10.4 Å². The largest absolute Gasteiger partial charge is 0.497 e. The molecular weight excluding hydrogens is 295 g/mol. The van der Waals surface area contributed by atoms with Crippen LogP contribution in [0.2, 0.25) is 0 Å². The molecule has 0 aromatic heterocycles. The monoisotopic (exact) mass is 306 g/mol. The molecule has 0 saturated carbocycles. The van der Waals surface area contributed by atoms with E-state index in [1.165, 1.54) is 7.11 Å². The van der Waals surface area contributed by atoms with Crippen LogP contribution in [0.4, 0.5) is 0 Å². The Kier molecular flexibility index (Phi) is 5.09. The fourth-order valence-electron chi connectivity index (χ4n) is 1.25. The number of benzene rings is 1. The quantitative estimate of drug-likeness (QED) is 0.620. The molecule has 0 bridgehead atoms. The molecule has 0 spiro atoms. The van der Waals surface area contributed by atoms with Crippen molar-refractivity contribution >= 4 is 33.3 Å². The van der Waals surface area contributed by atoms with Crippen LogP contribution in [0.5, 0.6) is 11.5 Å². The number of halogens is 2. The SMILES string of the molecule is COc1ccc(OC)c(C(=O)C(Br)CCl)c1. The minimum Gasteiger partial charge on any atom is -0.497 e. The van der Waals surface area contributed by atoms with Crippen molar-refractivity contribution in [2.75, 3.05) is 20.1 Å². The predicted molar refractivity (Wildman–Crippen MR) is 67.3 cm³/mol. The lowest BCUT2D eigenvalue weighted by molar-refractivity contribution is 0.0993. The maximum atomic E-state index is 12.0. The van der Waals surface area contributed by atoms with E-state index in [-0.39, 0.29) is 11.7 Å². The molecule has 5 heteroatoms. The first kappa shape index (κ1) is 13.3. The third kappa shape index (κ3) is 2.89. The molecular formula is C11H12BrClO3. The summed E-state index contributed by atoms with van der Waals surface area (Å²) in [4.78, 5) is 11.5. The molecule has 1 rings (SSSR count). The number of rotatable bonds is 5. The molecule has 0 fully saturated rings. The summed E-state index contributed by atoms with van der Waals surface area (Å²) in [6.45, 7) is 0. The van der Waals surface area contributed by atoms with Crippen LogP contribution in [0.15, 0.2) is 18.2 Å². The molecule has 1 unspecified atom stereocenters. The minimum absolute atomic E-state index is 0.120. The number of hydrogen-bond acceptors (Lipinski definition) is 3. The lowest BCUT2D eigenvalue weighted by atomic mass is 10.1. The van der Waals surface area contributed by atoms with E-state index < -0.39 is 4.83 Å². The number of carbonyl (C=O) groups is 1. The minimum atomic E-state index is -0.421. The predicted octanol–water partition coefficient (Wildman–Crippen LogP) is 2.89. The van der Waals surface area contributed by atoms with E-state index in [1.807, 2.05) is 0 Å². The third-order valence-electron chi connectivity index (χ3n) is 2.09. The van der Waals surface area contributed by atoms with Gasteiger partial charge in [-0.15, -0.1) is 11.6 Å².